The molecule has 0 saturated heterocycles. The Labute approximate surface area is 86.6 Å². The van der Waals surface area contributed by atoms with Crippen LogP contribution in [0.4, 0.5) is 0 Å². The largest absolute Gasteiger partial charge is 0.506 e. The number of hydrogen-bond acceptors (Lipinski definition) is 4. The Kier molecular flexibility index (Phi) is 2.05. The second-order valence-electron chi connectivity index (χ2n) is 3.25. The fraction of sp³-hybridized carbons (Fsp3) is 0.300. The van der Waals surface area contributed by atoms with Crippen molar-refractivity contribution in [3.8, 4) is 11.8 Å². The first-order chi connectivity index (χ1) is 7.17. The molecule has 0 spiro atoms. The molecule has 0 unspecified atom stereocenters. The lowest BCUT2D eigenvalue weighted by molar-refractivity contribution is 0.472. The van der Waals surface area contributed by atoms with Crippen LogP contribution < -0.4 is 0 Å². The molecule has 0 aromatic carbocycles. The van der Waals surface area contributed by atoms with Gasteiger partial charge in [0.2, 0.25) is 0 Å². The van der Waals surface area contributed by atoms with Gasteiger partial charge in [0.25, 0.3) is 0 Å². The van der Waals surface area contributed by atoms with Crippen molar-refractivity contribution >= 4 is 5.65 Å². The van der Waals surface area contributed by atoms with Crippen molar-refractivity contribution in [3.63, 3.8) is 0 Å². The minimum Gasteiger partial charge on any atom is -0.506 e. The van der Waals surface area contributed by atoms with Crippen LogP contribution in [-0.4, -0.2) is 19.7 Å². The number of rotatable bonds is 1. The van der Waals surface area contributed by atoms with Crippen LogP contribution in [0.2, 0.25) is 0 Å². The molecule has 1 N–H and O–H groups in total. The van der Waals surface area contributed by atoms with Crippen molar-refractivity contribution in [2.24, 2.45) is 0 Å². The number of nitriles is 1. The van der Waals surface area contributed by atoms with Gasteiger partial charge in [-0.25, -0.2) is 9.50 Å². The maximum Gasteiger partial charge on any atom is 0.159 e. The summed E-state index contributed by atoms with van der Waals surface area (Å²) in [6, 6.07) is 3.40. The first-order valence-corrected chi connectivity index (χ1v) is 4.65. The maximum atomic E-state index is 9.57. The predicted molar refractivity (Wildman–Crippen MR) is 53.5 cm³/mol. The molecule has 0 aliphatic rings. The molecule has 0 bridgehead atoms. The van der Waals surface area contributed by atoms with E-state index in [-0.39, 0.29) is 11.3 Å². The summed E-state index contributed by atoms with van der Waals surface area (Å²) in [5.74, 6) is 0.658. The van der Waals surface area contributed by atoms with Crippen molar-refractivity contribution in [3.05, 3.63) is 23.1 Å². The van der Waals surface area contributed by atoms with Gasteiger partial charge in [-0.05, 0) is 6.92 Å². The van der Waals surface area contributed by atoms with Crippen LogP contribution in [0.1, 0.15) is 24.0 Å². The summed E-state index contributed by atoms with van der Waals surface area (Å²) >= 11 is 0. The maximum absolute atomic E-state index is 9.57. The summed E-state index contributed by atoms with van der Waals surface area (Å²) in [6.07, 6.45) is 0.726. The van der Waals surface area contributed by atoms with E-state index in [0.717, 1.165) is 6.42 Å². The van der Waals surface area contributed by atoms with E-state index in [1.807, 2.05) is 13.0 Å². The third-order valence-electron chi connectivity index (χ3n) is 2.31. The number of hydrogen-bond donors (Lipinski definition) is 1. The van der Waals surface area contributed by atoms with Gasteiger partial charge in [0.15, 0.2) is 11.5 Å². The second-order valence-corrected chi connectivity index (χ2v) is 3.25. The fourth-order valence-corrected chi connectivity index (χ4v) is 1.48. The van der Waals surface area contributed by atoms with E-state index in [0.29, 0.717) is 17.2 Å². The lowest BCUT2D eigenvalue weighted by Crippen LogP contribution is -1.97. The summed E-state index contributed by atoms with van der Waals surface area (Å²) in [4.78, 5) is 4.21. The molecule has 5 nitrogen and oxygen atoms in total. The standard InChI is InChI=1S/C10H10N4O/c1-3-9-12-10-4-8(15)7(5-11)6(2)14(10)13-9/h4,15H,3H2,1-2H3. The van der Waals surface area contributed by atoms with Crippen LogP contribution in [-0.2, 0) is 6.42 Å². The van der Waals surface area contributed by atoms with Crippen LogP contribution in [0.5, 0.6) is 5.75 Å². The Balaban J connectivity index is 2.83. The van der Waals surface area contributed by atoms with Crippen molar-refractivity contribution < 1.29 is 5.11 Å². The van der Waals surface area contributed by atoms with Gasteiger partial charge in [-0.1, -0.05) is 6.92 Å². The van der Waals surface area contributed by atoms with Gasteiger partial charge in [0, 0.05) is 12.5 Å². The molecule has 0 atom stereocenters. The summed E-state index contributed by atoms with van der Waals surface area (Å²) in [6.45, 7) is 3.69. The van der Waals surface area contributed by atoms with Crippen molar-refractivity contribution in [1.82, 2.24) is 14.6 Å². The topological polar surface area (TPSA) is 74.2 Å². The number of aromatic nitrogens is 3. The molecule has 0 aliphatic carbocycles. The Bertz CT molecular complexity index is 565. The number of fused-ring (bicyclic) bond motifs is 1. The van der Waals surface area contributed by atoms with Crippen LogP contribution in [0, 0.1) is 18.3 Å². The van der Waals surface area contributed by atoms with Gasteiger partial charge < -0.3 is 5.11 Å². The molecule has 0 fully saturated rings. The zero-order valence-corrected chi connectivity index (χ0v) is 8.52. The summed E-state index contributed by atoms with van der Waals surface area (Å²) in [7, 11) is 0. The van der Waals surface area contributed by atoms with Gasteiger partial charge in [-0.2, -0.15) is 10.4 Å². The normalized spacial score (nSPS) is 10.5. The third-order valence-corrected chi connectivity index (χ3v) is 2.31. The predicted octanol–water partition coefficient (Wildman–Crippen LogP) is 1.18. The second kappa shape index (κ2) is 3.24. The quantitative estimate of drug-likeness (QED) is 0.753. The molecule has 0 amide bonds. The van der Waals surface area contributed by atoms with E-state index in [9.17, 15) is 5.11 Å². The van der Waals surface area contributed by atoms with Gasteiger partial charge >= 0.3 is 0 Å². The molecule has 0 aliphatic heterocycles. The van der Waals surface area contributed by atoms with E-state index in [1.54, 1.807) is 11.4 Å². The zero-order chi connectivity index (χ0) is 11.0. The Morgan fingerprint density at radius 3 is 2.93 bits per heavy atom. The third kappa shape index (κ3) is 1.31. The average Bonchev–Trinajstić information content (AvgIpc) is 2.61. The van der Waals surface area contributed by atoms with Gasteiger partial charge in [0.1, 0.15) is 17.4 Å². The molecule has 2 rings (SSSR count). The Morgan fingerprint density at radius 2 is 2.33 bits per heavy atom. The smallest absolute Gasteiger partial charge is 0.159 e. The molecule has 0 saturated carbocycles. The number of aromatic hydroxyl groups is 1. The number of nitrogens with zero attached hydrogens (tertiary/aromatic N) is 4. The van der Waals surface area contributed by atoms with Gasteiger partial charge in [0.05, 0.1) is 5.69 Å². The lowest BCUT2D eigenvalue weighted by atomic mass is 10.2. The van der Waals surface area contributed by atoms with Crippen molar-refractivity contribution in [1.29, 1.82) is 5.26 Å². The number of aryl methyl sites for hydroxylation is 2. The first-order valence-electron chi connectivity index (χ1n) is 4.65. The minimum atomic E-state index is -0.0439. The summed E-state index contributed by atoms with van der Waals surface area (Å²) < 4.78 is 1.58. The highest BCUT2D eigenvalue weighted by atomic mass is 16.3. The molecule has 2 aromatic rings. The molecule has 2 aromatic heterocycles. The molecule has 5 heteroatoms. The molecule has 76 valence electrons. The van der Waals surface area contributed by atoms with E-state index in [4.69, 9.17) is 5.26 Å². The van der Waals surface area contributed by atoms with Crippen molar-refractivity contribution in [2.45, 2.75) is 20.3 Å². The summed E-state index contributed by atoms with van der Waals surface area (Å²) in [5.41, 5.74) is 1.43. The molecular weight excluding hydrogens is 192 g/mol. The highest BCUT2D eigenvalue weighted by Gasteiger charge is 2.12. The lowest BCUT2D eigenvalue weighted by Gasteiger charge is -2.02. The number of pyridine rings is 1. The molecule has 0 radical (unpaired) electrons. The molecule has 2 heterocycles. The molecular formula is C10H10N4O. The first kappa shape index (κ1) is 9.46. The van der Waals surface area contributed by atoms with E-state index in [2.05, 4.69) is 10.1 Å². The van der Waals surface area contributed by atoms with Crippen LogP contribution in [0.25, 0.3) is 5.65 Å². The van der Waals surface area contributed by atoms with E-state index in [1.165, 1.54) is 6.07 Å². The highest BCUT2D eigenvalue weighted by Crippen LogP contribution is 2.21. The molecule has 15 heavy (non-hydrogen) atoms. The van der Waals surface area contributed by atoms with Gasteiger partial charge in [-0.15, -0.1) is 0 Å². The monoisotopic (exact) mass is 202 g/mol. The summed E-state index contributed by atoms with van der Waals surface area (Å²) in [5, 5.41) is 22.6. The highest BCUT2D eigenvalue weighted by molar-refractivity contribution is 5.54. The zero-order valence-electron chi connectivity index (χ0n) is 8.52. The van der Waals surface area contributed by atoms with Crippen LogP contribution in [0.3, 0.4) is 0 Å². The fourth-order valence-electron chi connectivity index (χ4n) is 1.48. The SMILES string of the molecule is CCc1nc2cc(O)c(C#N)c(C)n2n1. The minimum absolute atomic E-state index is 0.0439. The Morgan fingerprint density at radius 1 is 1.60 bits per heavy atom. The van der Waals surface area contributed by atoms with Crippen LogP contribution in [0.15, 0.2) is 6.07 Å². The van der Waals surface area contributed by atoms with Gasteiger partial charge in [-0.3, -0.25) is 0 Å². The van der Waals surface area contributed by atoms with Crippen LogP contribution >= 0.6 is 0 Å². The Hall–Kier alpha value is -2.09. The average molecular weight is 202 g/mol. The van der Waals surface area contributed by atoms with Crippen molar-refractivity contribution in [2.75, 3.05) is 0 Å². The van der Waals surface area contributed by atoms with E-state index < -0.39 is 0 Å². The van der Waals surface area contributed by atoms with E-state index >= 15 is 0 Å².